The van der Waals surface area contributed by atoms with Crippen LogP contribution >= 0.6 is 0 Å². The van der Waals surface area contributed by atoms with Crippen LogP contribution in [0, 0.1) is 24.5 Å². The Morgan fingerprint density at radius 2 is 1.74 bits per heavy atom. The van der Waals surface area contributed by atoms with Gasteiger partial charge in [-0.15, -0.1) is 0 Å². The zero-order valence-electron chi connectivity index (χ0n) is 24.5. The molecule has 0 unspecified atom stereocenters. The lowest BCUT2D eigenvalue weighted by atomic mass is 10.0. The predicted molar refractivity (Wildman–Crippen MR) is 162 cm³/mol. The Morgan fingerprint density at radius 1 is 1.00 bits per heavy atom. The molecule has 8 heteroatoms. The van der Waals surface area contributed by atoms with E-state index < -0.39 is 5.82 Å². The summed E-state index contributed by atoms with van der Waals surface area (Å²) in [6.45, 7) is 7.48. The number of fused-ring (bicyclic) bond motifs is 1. The van der Waals surface area contributed by atoms with E-state index in [-0.39, 0.29) is 23.6 Å². The molecule has 0 spiro atoms. The fourth-order valence-electron chi connectivity index (χ4n) is 5.12. The van der Waals surface area contributed by atoms with Crippen molar-refractivity contribution in [2.75, 3.05) is 20.2 Å². The summed E-state index contributed by atoms with van der Waals surface area (Å²) >= 11 is 0. The van der Waals surface area contributed by atoms with E-state index in [2.05, 4.69) is 23.7 Å². The van der Waals surface area contributed by atoms with Crippen LogP contribution in [0.4, 0.5) is 8.78 Å². The smallest absolute Gasteiger partial charge is 0.260 e. The van der Waals surface area contributed by atoms with Crippen LogP contribution in [0.15, 0.2) is 83.9 Å². The van der Waals surface area contributed by atoms with Gasteiger partial charge in [-0.2, -0.15) is 0 Å². The Hall–Kier alpha value is -4.30. The molecule has 3 heterocycles. The van der Waals surface area contributed by atoms with E-state index in [1.807, 2.05) is 49.5 Å². The number of hydrogen-bond acceptors (Lipinski definition) is 4. The molecule has 0 aliphatic rings. The highest BCUT2D eigenvalue weighted by Gasteiger charge is 2.26. The van der Waals surface area contributed by atoms with E-state index in [1.54, 1.807) is 42.1 Å². The van der Waals surface area contributed by atoms with Gasteiger partial charge >= 0.3 is 0 Å². The van der Waals surface area contributed by atoms with Crippen LogP contribution in [0.25, 0.3) is 16.8 Å². The second-order valence-electron chi connectivity index (χ2n) is 11.2. The molecule has 0 amide bonds. The maximum Gasteiger partial charge on any atom is 0.260 e. The number of hydrogen-bond donors (Lipinski definition) is 0. The molecule has 0 bridgehead atoms. The normalized spacial score (nSPS) is 11.6. The van der Waals surface area contributed by atoms with Crippen LogP contribution in [0.2, 0.25) is 0 Å². The van der Waals surface area contributed by atoms with E-state index in [9.17, 15) is 9.18 Å². The lowest BCUT2D eigenvalue weighted by Crippen LogP contribution is -2.27. The van der Waals surface area contributed by atoms with Crippen molar-refractivity contribution in [2.24, 2.45) is 5.92 Å². The zero-order valence-corrected chi connectivity index (χ0v) is 24.5. The summed E-state index contributed by atoms with van der Waals surface area (Å²) < 4.78 is 40.3. The monoisotopic (exact) mass is 570 g/mol. The van der Waals surface area contributed by atoms with Crippen LogP contribution in [0.1, 0.15) is 36.4 Å². The summed E-state index contributed by atoms with van der Waals surface area (Å²) in [6.07, 6.45) is 4.07. The summed E-state index contributed by atoms with van der Waals surface area (Å²) in [6, 6.07) is 19.5. The number of likely N-dealkylation sites (N-methyl/N-ethyl adjacent to an activating group) is 1. The molecule has 2 aromatic carbocycles. The van der Waals surface area contributed by atoms with Gasteiger partial charge < -0.3 is 14.2 Å². The Morgan fingerprint density at radius 3 is 2.43 bits per heavy atom. The number of pyridine rings is 1. The molecule has 0 N–H and O–H groups in total. The molecule has 3 aromatic heterocycles. The van der Waals surface area contributed by atoms with E-state index >= 15 is 4.39 Å². The van der Waals surface area contributed by atoms with Crippen LogP contribution < -0.4 is 10.3 Å². The Labute approximate surface area is 244 Å². The minimum atomic E-state index is -0.521. The van der Waals surface area contributed by atoms with Crippen LogP contribution in [0.5, 0.6) is 5.75 Å². The summed E-state index contributed by atoms with van der Waals surface area (Å²) in [5.74, 6) is 0.162. The van der Waals surface area contributed by atoms with E-state index in [0.717, 1.165) is 5.69 Å². The van der Waals surface area contributed by atoms with Gasteiger partial charge in [-0.1, -0.05) is 50.2 Å². The molecule has 0 fully saturated rings. The number of ether oxygens (including phenoxy) is 1. The number of halogens is 2. The van der Waals surface area contributed by atoms with Crippen LogP contribution in [-0.4, -0.2) is 39.1 Å². The van der Waals surface area contributed by atoms with Crippen molar-refractivity contribution in [3.63, 3.8) is 0 Å². The van der Waals surface area contributed by atoms with Crippen molar-refractivity contribution in [3.05, 3.63) is 124 Å². The summed E-state index contributed by atoms with van der Waals surface area (Å²) in [5.41, 5.74) is 3.13. The van der Waals surface area contributed by atoms with Gasteiger partial charge in [0.1, 0.15) is 11.6 Å². The zero-order chi connectivity index (χ0) is 29.8. The number of rotatable bonds is 11. The van der Waals surface area contributed by atoms with Gasteiger partial charge in [0, 0.05) is 54.3 Å². The molecule has 0 aliphatic heterocycles. The van der Waals surface area contributed by atoms with E-state index in [0.29, 0.717) is 65.7 Å². The molecule has 5 aromatic rings. The molecule has 0 saturated heterocycles. The molecule has 42 heavy (non-hydrogen) atoms. The maximum absolute atomic E-state index is 16.7. The fraction of sp³-hybridized carbons (Fsp3) is 0.294. The first-order chi connectivity index (χ1) is 20.2. The van der Waals surface area contributed by atoms with Gasteiger partial charge in [0.15, 0.2) is 11.5 Å². The molecule has 6 nitrogen and oxygen atoms in total. The summed E-state index contributed by atoms with van der Waals surface area (Å²) in [4.78, 5) is 20.1. The number of aromatic nitrogens is 3. The van der Waals surface area contributed by atoms with Crippen molar-refractivity contribution in [1.82, 2.24) is 18.9 Å². The Kier molecular flexibility index (Phi) is 8.83. The van der Waals surface area contributed by atoms with Crippen molar-refractivity contribution in [1.29, 1.82) is 0 Å². The third-order valence-corrected chi connectivity index (χ3v) is 7.27. The van der Waals surface area contributed by atoms with E-state index in [4.69, 9.17) is 4.74 Å². The first-order valence-electron chi connectivity index (χ1n) is 14.2. The minimum absolute atomic E-state index is 0.0780. The SMILES string of the molecule is Cc1cn(Cc2ccccc2F)c2c(F)c(-c3ccc(OCC(C)C)cc3)c(CN(C)CCc3ccccn3)n2c1=O. The average Bonchev–Trinajstić information content (AvgIpc) is 3.27. The van der Waals surface area contributed by atoms with Crippen molar-refractivity contribution in [3.8, 4) is 16.9 Å². The summed E-state index contributed by atoms with van der Waals surface area (Å²) in [5, 5.41) is 0. The number of nitrogens with zero attached hydrogens (tertiary/aromatic N) is 4. The van der Waals surface area contributed by atoms with Crippen molar-refractivity contribution in [2.45, 2.75) is 40.3 Å². The van der Waals surface area contributed by atoms with Gasteiger partial charge in [-0.05, 0) is 55.8 Å². The molecule has 0 atom stereocenters. The van der Waals surface area contributed by atoms with Gasteiger partial charge in [0.05, 0.1) is 18.8 Å². The number of aryl methyl sites for hydroxylation is 1. The standard InChI is InChI=1S/C34H36F2N4O2/c1-23(2)22-42-28-14-12-25(13-15-28)31-30(21-38(4)18-16-27-10-7-8-17-37-27)40-33(32(31)36)39(19-24(3)34(40)41)20-26-9-5-6-11-29(26)35/h5-15,17,19,23H,16,18,20-22H2,1-4H3. The number of benzene rings is 2. The topological polar surface area (TPSA) is 51.8 Å². The van der Waals surface area contributed by atoms with Gasteiger partial charge in [0.25, 0.3) is 5.56 Å². The van der Waals surface area contributed by atoms with Crippen molar-refractivity contribution >= 4 is 5.65 Å². The molecule has 0 saturated carbocycles. The molecular weight excluding hydrogens is 534 g/mol. The highest BCUT2D eigenvalue weighted by atomic mass is 19.1. The third kappa shape index (κ3) is 6.29. The van der Waals surface area contributed by atoms with Gasteiger partial charge in [-0.3, -0.25) is 14.2 Å². The Bertz CT molecular complexity index is 1730. The first-order valence-corrected chi connectivity index (χ1v) is 14.2. The molecule has 218 valence electrons. The lowest BCUT2D eigenvalue weighted by molar-refractivity contribution is 0.271. The fourth-order valence-corrected chi connectivity index (χ4v) is 5.12. The molecule has 0 radical (unpaired) electrons. The average molecular weight is 571 g/mol. The second-order valence-corrected chi connectivity index (χ2v) is 11.2. The maximum atomic E-state index is 16.7. The molecule has 0 aliphatic carbocycles. The highest BCUT2D eigenvalue weighted by molar-refractivity contribution is 5.74. The van der Waals surface area contributed by atoms with Gasteiger partial charge in [-0.25, -0.2) is 8.78 Å². The third-order valence-electron chi connectivity index (χ3n) is 7.27. The minimum Gasteiger partial charge on any atom is -0.493 e. The van der Waals surface area contributed by atoms with Crippen LogP contribution in [-0.2, 0) is 19.5 Å². The van der Waals surface area contributed by atoms with Crippen molar-refractivity contribution < 1.29 is 13.5 Å². The summed E-state index contributed by atoms with van der Waals surface area (Å²) in [7, 11) is 1.94. The predicted octanol–water partition coefficient (Wildman–Crippen LogP) is 6.51. The van der Waals surface area contributed by atoms with Gasteiger partial charge in [0.2, 0.25) is 0 Å². The highest BCUT2D eigenvalue weighted by Crippen LogP contribution is 2.34. The quantitative estimate of drug-likeness (QED) is 0.182. The second kappa shape index (κ2) is 12.7. The van der Waals surface area contributed by atoms with Crippen LogP contribution in [0.3, 0.4) is 0 Å². The lowest BCUT2D eigenvalue weighted by Gasteiger charge is -2.18. The Balaban J connectivity index is 1.62. The molecular formula is C34H36F2N4O2. The first kappa shape index (κ1) is 29.2. The van der Waals surface area contributed by atoms with E-state index in [1.165, 1.54) is 10.5 Å². The largest absolute Gasteiger partial charge is 0.493 e. The molecule has 5 rings (SSSR count).